The second kappa shape index (κ2) is 5.12. The predicted octanol–water partition coefficient (Wildman–Crippen LogP) is 2.21. The maximum atomic E-state index is 11.1. The number of carbonyl (C=O) groups is 1. The molecule has 0 unspecified atom stereocenters. The van der Waals surface area contributed by atoms with Gasteiger partial charge in [0.1, 0.15) is 0 Å². The molecule has 0 atom stereocenters. The molecule has 2 rings (SSSR count). The zero-order chi connectivity index (χ0) is 12.3. The average molecular weight is 235 g/mol. The SMILES string of the molecule is C=CCn1nnc(C(=O)O)c1C1CCCCC1. The predicted molar refractivity (Wildman–Crippen MR) is 63.0 cm³/mol. The highest BCUT2D eigenvalue weighted by molar-refractivity contribution is 5.86. The lowest BCUT2D eigenvalue weighted by molar-refractivity contribution is 0.0688. The molecule has 0 radical (unpaired) electrons. The summed E-state index contributed by atoms with van der Waals surface area (Å²) in [6, 6.07) is 0. The van der Waals surface area contributed by atoms with Crippen molar-refractivity contribution in [2.24, 2.45) is 0 Å². The van der Waals surface area contributed by atoms with E-state index < -0.39 is 5.97 Å². The van der Waals surface area contributed by atoms with E-state index in [4.69, 9.17) is 5.11 Å². The van der Waals surface area contributed by atoms with Gasteiger partial charge in [0.25, 0.3) is 0 Å². The molecule has 1 aromatic rings. The molecule has 5 heteroatoms. The lowest BCUT2D eigenvalue weighted by Crippen LogP contribution is -2.15. The summed E-state index contributed by atoms with van der Waals surface area (Å²) in [5.41, 5.74) is 0.885. The number of carboxylic acid groups (broad SMARTS) is 1. The first-order chi connectivity index (χ1) is 8.24. The molecule has 1 aliphatic carbocycles. The van der Waals surface area contributed by atoms with Crippen molar-refractivity contribution in [1.29, 1.82) is 0 Å². The Morgan fingerprint density at radius 1 is 1.47 bits per heavy atom. The lowest BCUT2D eigenvalue weighted by Gasteiger charge is -2.22. The Kier molecular flexibility index (Phi) is 3.56. The fourth-order valence-corrected chi connectivity index (χ4v) is 2.51. The van der Waals surface area contributed by atoms with Gasteiger partial charge in [-0.05, 0) is 12.8 Å². The summed E-state index contributed by atoms with van der Waals surface area (Å²) >= 11 is 0. The number of aromatic carboxylic acids is 1. The van der Waals surface area contributed by atoms with Crippen LogP contribution >= 0.6 is 0 Å². The third-order valence-corrected chi connectivity index (χ3v) is 3.27. The minimum absolute atomic E-state index is 0.110. The highest BCUT2D eigenvalue weighted by Gasteiger charge is 2.27. The third-order valence-electron chi connectivity index (χ3n) is 3.27. The fraction of sp³-hybridized carbons (Fsp3) is 0.583. The number of carboxylic acids is 1. The van der Waals surface area contributed by atoms with Gasteiger partial charge in [0.05, 0.1) is 12.2 Å². The van der Waals surface area contributed by atoms with Crippen LogP contribution in [0, 0.1) is 0 Å². The van der Waals surface area contributed by atoms with Crippen LogP contribution < -0.4 is 0 Å². The second-order valence-electron chi connectivity index (χ2n) is 4.43. The summed E-state index contributed by atoms with van der Waals surface area (Å²) in [5.74, 6) is -0.703. The first kappa shape index (κ1) is 11.8. The van der Waals surface area contributed by atoms with Crippen molar-refractivity contribution < 1.29 is 9.90 Å². The first-order valence-electron chi connectivity index (χ1n) is 6.01. The molecule has 5 nitrogen and oxygen atoms in total. The van der Waals surface area contributed by atoms with Crippen LogP contribution in [0.3, 0.4) is 0 Å². The van der Waals surface area contributed by atoms with Crippen molar-refractivity contribution in [3.05, 3.63) is 24.0 Å². The second-order valence-corrected chi connectivity index (χ2v) is 4.43. The molecule has 1 fully saturated rings. The van der Waals surface area contributed by atoms with Crippen molar-refractivity contribution in [2.45, 2.75) is 44.6 Å². The van der Waals surface area contributed by atoms with Gasteiger partial charge in [-0.25, -0.2) is 9.48 Å². The van der Waals surface area contributed by atoms with Gasteiger partial charge in [-0.2, -0.15) is 0 Å². The minimum Gasteiger partial charge on any atom is -0.476 e. The standard InChI is InChI=1S/C12H17N3O2/c1-2-8-15-11(9-6-4-3-5-7-9)10(12(16)17)13-14-15/h2,9H,1,3-8H2,(H,16,17). The summed E-state index contributed by atoms with van der Waals surface area (Å²) in [7, 11) is 0. The van der Waals surface area contributed by atoms with Crippen molar-refractivity contribution in [3.63, 3.8) is 0 Å². The lowest BCUT2D eigenvalue weighted by atomic mass is 9.86. The van der Waals surface area contributed by atoms with Crippen LogP contribution in [0.2, 0.25) is 0 Å². The van der Waals surface area contributed by atoms with Gasteiger partial charge in [0, 0.05) is 5.92 Å². The Balaban J connectivity index is 2.35. The van der Waals surface area contributed by atoms with Crippen LogP contribution in [0.1, 0.15) is 54.2 Å². The average Bonchev–Trinajstić information content (AvgIpc) is 2.74. The van der Waals surface area contributed by atoms with Crippen molar-refractivity contribution >= 4 is 5.97 Å². The number of nitrogens with zero attached hydrogens (tertiary/aromatic N) is 3. The quantitative estimate of drug-likeness (QED) is 0.812. The maximum absolute atomic E-state index is 11.1. The molecule has 0 aromatic carbocycles. The summed E-state index contributed by atoms with van der Waals surface area (Å²) < 4.78 is 1.67. The molecule has 1 aliphatic rings. The molecular formula is C12H17N3O2. The molecular weight excluding hydrogens is 218 g/mol. The Bertz CT molecular complexity index is 419. The Morgan fingerprint density at radius 3 is 2.76 bits per heavy atom. The van der Waals surface area contributed by atoms with Gasteiger partial charge < -0.3 is 5.11 Å². The van der Waals surface area contributed by atoms with Crippen LogP contribution in [0.25, 0.3) is 0 Å². The number of rotatable bonds is 4. The third kappa shape index (κ3) is 2.38. The smallest absolute Gasteiger partial charge is 0.358 e. The highest BCUT2D eigenvalue weighted by atomic mass is 16.4. The summed E-state index contributed by atoms with van der Waals surface area (Å²) in [6.07, 6.45) is 7.33. The molecule has 17 heavy (non-hydrogen) atoms. The van der Waals surface area contributed by atoms with Crippen molar-refractivity contribution in [2.75, 3.05) is 0 Å². The molecule has 1 N–H and O–H groups in total. The van der Waals surface area contributed by atoms with Crippen molar-refractivity contribution in [1.82, 2.24) is 15.0 Å². The number of aromatic nitrogens is 3. The minimum atomic E-state index is -0.985. The Labute approximate surface area is 100 Å². The van der Waals surface area contributed by atoms with Crippen LogP contribution in [-0.4, -0.2) is 26.1 Å². The number of allylic oxidation sites excluding steroid dienone is 1. The van der Waals surface area contributed by atoms with E-state index in [1.807, 2.05) is 0 Å². The summed E-state index contributed by atoms with van der Waals surface area (Å²) in [5, 5.41) is 16.8. The van der Waals surface area contributed by atoms with Gasteiger partial charge in [-0.1, -0.05) is 30.6 Å². The van der Waals surface area contributed by atoms with Gasteiger partial charge in [0.15, 0.2) is 5.69 Å². The maximum Gasteiger partial charge on any atom is 0.358 e. The Morgan fingerprint density at radius 2 is 2.18 bits per heavy atom. The molecule has 1 saturated carbocycles. The van der Waals surface area contributed by atoms with Gasteiger partial charge in [-0.3, -0.25) is 0 Å². The van der Waals surface area contributed by atoms with E-state index in [1.54, 1.807) is 10.8 Å². The Hall–Kier alpha value is -1.65. The molecule has 0 aliphatic heterocycles. The topological polar surface area (TPSA) is 68.0 Å². The molecule has 0 bridgehead atoms. The monoisotopic (exact) mass is 235 g/mol. The van der Waals surface area contributed by atoms with E-state index >= 15 is 0 Å². The molecule has 0 amide bonds. The normalized spacial score (nSPS) is 16.9. The molecule has 1 heterocycles. The molecule has 0 saturated heterocycles. The number of hydrogen-bond donors (Lipinski definition) is 1. The molecule has 1 aromatic heterocycles. The summed E-state index contributed by atoms with van der Waals surface area (Å²) in [6.45, 7) is 4.18. The zero-order valence-electron chi connectivity index (χ0n) is 9.80. The van der Waals surface area contributed by atoms with E-state index in [-0.39, 0.29) is 11.6 Å². The van der Waals surface area contributed by atoms with E-state index in [0.29, 0.717) is 6.54 Å². The van der Waals surface area contributed by atoms with E-state index in [2.05, 4.69) is 16.9 Å². The molecule has 92 valence electrons. The van der Waals surface area contributed by atoms with E-state index in [1.165, 1.54) is 6.42 Å². The van der Waals surface area contributed by atoms with Crippen molar-refractivity contribution in [3.8, 4) is 0 Å². The van der Waals surface area contributed by atoms with Crippen LogP contribution in [0.5, 0.6) is 0 Å². The first-order valence-corrected chi connectivity index (χ1v) is 6.01. The van der Waals surface area contributed by atoms with Gasteiger partial charge >= 0.3 is 5.97 Å². The van der Waals surface area contributed by atoms with E-state index in [0.717, 1.165) is 31.4 Å². The van der Waals surface area contributed by atoms with Gasteiger partial charge in [0.2, 0.25) is 0 Å². The number of hydrogen-bond acceptors (Lipinski definition) is 3. The largest absolute Gasteiger partial charge is 0.476 e. The summed E-state index contributed by atoms with van der Waals surface area (Å²) in [4.78, 5) is 11.1. The zero-order valence-corrected chi connectivity index (χ0v) is 9.80. The molecule has 0 spiro atoms. The van der Waals surface area contributed by atoms with Crippen LogP contribution in [0.15, 0.2) is 12.7 Å². The van der Waals surface area contributed by atoms with Crippen LogP contribution in [0.4, 0.5) is 0 Å². The fourth-order valence-electron chi connectivity index (χ4n) is 2.51. The van der Waals surface area contributed by atoms with Crippen LogP contribution in [-0.2, 0) is 6.54 Å². The van der Waals surface area contributed by atoms with Gasteiger partial charge in [-0.15, -0.1) is 11.7 Å². The highest BCUT2D eigenvalue weighted by Crippen LogP contribution is 2.33. The van der Waals surface area contributed by atoms with E-state index in [9.17, 15) is 4.79 Å².